The summed E-state index contributed by atoms with van der Waals surface area (Å²) in [6.07, 6.45) is 1.60. The molecule has 0 aliphatic carbocycles. The third kappa shape index (κ3) is 4.29. The zero-order chi connectivity index (χ0) is 21.3. The third-order valence-corrected chi connectivity index (χ3v) is 6.73. The van der Waals surface area contributed by atoms with Crippen molar-refractivity contribution in [3.05, 3.63) is 53.3 Å². The first kappa shape index (κ1) is 20.9. The van der Waals surface area contributed by atoms with Gasteiger partial charge in [0.15, 0.2) is 9.84 Å². The number of amides is 1. The number of carbonyl (C=O) groups excluding carboxylic acids is 1. The predicted molar refractivity (Wildman–Crippen MR) is 113 cm³/mol. The molecule has 0 fully saturated rings. The number of hydrogen-bond acceptors (Lipinski definition) is 5. The number of aromatic hydroxyl groups is 1. The van der Waals surface area contributed by atoms with E-state index in [1.165, 1.54) is 30.7 Å². The molecule has 0 radical (unpaired) electrons. The number of benzene rings is 2. The zero-order valence-corrected chi connectivity index (χ0v) is 17.8. The van der Waals surface area contributed by atoms with E-state index in [4.69, 9.17) is 4.42 Å². The van der Waals surface area contributed by atoms with Crippen molar-refractivity contribution >= 4 is 32.4 Å². The van der Waals surface area contributed by atoms with Gasteiger partial charge in [-0.25, -0.2) is 8.42 Å². The molecule has 0 aliphatic heterocycles. The lowest BCUT2D eigenvalue weighted by molar-refractivity contribution is -0.115. The molecule has 0 spiro atoms. The molecule has 1 aromatic heterocycles. The molecule has 0 atom stereocenters. The van der Waals surface area contributed by atoms with Crippen LogP contribution in [0.15, 0.2) is 45.9 Å². The summed E-state index contributed by atoms with van der Waals surface area (Å²) in [5.41, 5.74) is 3.84. The van der Waals surface area contributed by atoms with Gasteiger partial charge >= 0.3 is 0 Å². The summed E-state index contributed by atoms with van der Waals surface area (Å²) >= 11 is 0. The van der Waals surface area contributed by atoms with Crippen molar-refractivity contribution in [1.82, 2.24) is 0 Å². The molecule has 0 bridgehead atoms. The van der Waals surface area contributed by atoms with Gasteiger partial charge in [-0.15, -0.1) is 0 Å². The molecular formula is C22H25NO5S. The molecule has 0 saturated carbocycles. The van der Waals surface area contributed by atoms with Gasteiger partial charge in [0.25, 0.3) is 0 Å². The first-order valence-corrected chi connectivity index (χ1v) is 11.1. The van der Waals surface area contributed by atoms with Crippen molar-refractivity contribution in [2.75, 3.05) is 11.1 Å². The molecule has 7 heteroatoms. The quantitative estimate of drug-likeness (QED) is 0.576. The summed E-state index contributed by atoms with van der Waals surface area (Å²) in [4.78, 5) is 12.6. The molecule has 0 unspecified atom stereocenters. The topological polar surface area (TPSA) is 96.6 Å². The molecule has 3 rings (SSSR count). The average molecular weight is 416 g/mol. The monoisotopic (exact) mass is 415 g/mol. The number of hydrogen-bond donors (Lipinski definition) is 2. The summed E-state index contributed by atoms with van der Waals surface area (Å²) in [5.74, 6) is -0.288. The van der Waals surface area contributed by atoms with Gasteiger partial charge in [-0.1, -0.05) is 20.8 Å². The van der Waals surface area contributed by atoms with Crippen LogP contribution in [0.5, 0.6) is 5.75 Å². The fraction of sp³-hybridized carbons (Fsp3) is 0.318. The van der Waals surface area contributed by atoms with E-state index in [9.17, 15) is 18.3 Å². The van der Waals surface area contributed by atoms with Gasteiger partial charge in [-0.2, -0.15) is 0 Å². The SMILES string of the molecule is CCS(=O)(=O)c1ccc(O)c(NC(=O)Cc2coc3cc(C)c(C(C)C)cc23)c1. The Morgan fingerprint density at radius 2 is 1.93 bits per heavy atom. The van der Waals surface area contributed by atoms with Crippen molar-refractivity contribution in [2.45, 2.75) is 44.9 Å². The van der Waals surface area contributed by atoms with Crippen molar-refractivity contribution in [1.29, 1.82) is 0 Å². The Kier molecular flexibility index (Phi) is 5.71. The number of rotatable bonds is 6. The first-order chi connectivity index (χ1) is 13.6. The number of phenols is 1. The van der Waals surface area contributed by atoms with Crippen LogP contribution in [0, 0.1) is 6.92 Å². The molecule has 0 saturated heterocycles. The van der Waals surface area contributed by atoms with Crippen molar-refractivity contribution < 1.29 is 22.7 Å². The fourth-order valence-corrected chi connectivity index (χ4v) is 4.25. The minimum absolute atomic E-state index is 0.0395. The van der Waals surface area contributed by atoms with Crippen LogP contribution in [-0.4, -0.2) is 25.2 Å². The lowest BCUT2D eigenvalue weighted by Crippen LogP contribution is -2.15. The number of anilines is 1. The molecule has 3 aromatic rings. The Bertz CT molecular complexity index is 1180. The van der Waals surface area contributed by atoms with Gasteiger partial charge in [0.1, 0.15) is 11.3 Å². The number of furan rings is 1. The average Bonchev–Trinajstić information content (AvgIpc) is 3.03. The van der Waals surface area contributed by atoms with Crippen LogP contribution in [0.1, 0.15) is 43.4 Å². The van der Waals surface area contributed by atoms with Crippen LogP contribution in [0.25, 0.3) is 11.0 Å². The molecule has 29 heavy (non-hydrogen) atoms. The molecule has 1 amide bonds. The van der Waals surface area contributed by atoms with Gasteiger partial charge in [-0.05, 0) is 54.3 Å². The summed E-state index contributed by atoms with van der Waals surface area (Å²) in [6, 6.07) is 7.89. The van der Waals surface area contributed by atoms with Crippen LogP contribution in [-0.2, 0) is 21.1 Å². The number of phenolic OH excluding ortho intramolecular Hbond substituents is 1. The second-order valence-corrected chi connectivity index (χ2v) is 9.71. The number of fused-ring (bicyclic) bond motifs is 1. The fourth-order valence-electron chi connectivity index (χ4n) is 3.35. The molecule has 2 N–H and O–H groups in total. The number of carbonyl (C=O) groups is 1. The highest BCUT2D eigenvalue weighted by molar-refractivity contribution is 7.91. The van der Waals surface area contributed by atoms with E-state index in [-0.39, 0.29) is 34.4 Å². The van der Waals surface area contributed by atoms with Crippen molar-refractivity contribution in [3.63, 3.8) is 0 Å². The van der Waals surface area contributed by atoms with Crippen LogP contribution < -0.4 is 5.32 Å². The maximum absolute atomic E-state index is 12.6. The molecule has 154 valence electrons. The summed E-state index contributed by atoms with van der Waals surface area (Å²) in [5, 5.41) is 13.5. The first-order valence-electron chi connectivity index (χ1n) is 9.48. The smallest absolute Gasteiger partial charge is 0.229 e. The second-order valence-electron chi connectivity index (χ2n) is 7.43. The highest BCUT2D eigenvalue weighted by atomic mass is 32.2. The van der Waals surface area contributed by atoms with Gasteiger partial charge in [0.2, 0.25) is 5.91 Å². The Labute approximate surface area is 170 Å². The van der Waals surface area contributed by atoms with E-state index >= 15 is 0 Å². The van der Waals surface area contributed by atoms with Crippen LogP contribution in [0.4, 0.5) is 5.69 Å². The van der Waals surface area contributed by atoms with E-state index in [2.05, 4.69) is 19.2 Å². The number of sulfone groups is 1. The van der Waals surface area contributed by atoms with Gasteiger partial charge in [0.05, 0.1) is 29.0 Å². The highest BCUT2D eigenvalue weighted by Gasteiger charge is 2.17. The molecule has 2 aromatic carbocycles. The van der Waals surface area contributed by atoms with E-state index < -0.39 is 9.84 Å². The zero-order valence-electron chi connectivity index (χ0n) is 16.9. The summed E-state index contributed by atoms with van der Waals surface area (Å²) in [7, 11) is -3.45. The van der Waals surface area contributed by atoms with E-state index in [0.717, 1.165) is 16.5 Å². The standard InChI is InChI=1S/C22H25NO5S/c1-5-29(26,27)16-6-7-20(24)19(10-16)23-22(25)9-15-12-28-21-8-14(4)17(13(2)3)11-18(15)21/h6-8,10-13,24H,5,9H2,1-4H3,(H,23,25). The largest absolute Gasteiger partial charge is 0.506 e. The highest BCUT2D eigenvalue weighted by Crippen LogP contribution is 2.30. The maximum atomic E-state index is 12.6. The minimum Gasteiger partial charge on any atom is -0.506 e. The lowest BCUT2D eigenvalue weighted by Gasteiger charge is -2.11. The van der Waals surface area contributed by atoms with Crippen LogP contribution in [0.2, 0.25) is 0 Å². The van der Waals surface area contributed by atoms with Gasteiger partial charge in [0, 0.05) is 10.9 Å². The van der Waals surface area contributed by atoms with Crippen molar-refractivity contribution in [2.24, 2.45) is 0 Å². The van der Waals surface area contributed by atoms with E-state index in [1.54, 1.807) is 6.26 Å². The van der Waals surface area contributed by atoms with Crippen LogP contribution in [0.3, 0.4) is 0 Å². The number of nitrogens with one attached hydrogen (secondary N) is 1. The Balaban J connectivity index is 1.87. The molecule has 6 nitrogen and oxygen atoms in total. The normalized spacial score (nSPS) is 11.9. The van der Waals surface area contributed by atoms with Crippen LogP contribution >= 0.6 is 0 Å². The van der Waals surface area contributed by atoms with Crippen molar-refractivity contribution in [3.8, 4) is 5.75 Å². The maximum Gasteiger partial charge on any atom is 0.229 e. The molecule has 0 aliphatic rings. The van der Waals surface area contributed by atoms with E-state index in [1.807, 2.05) is 19.1 Å². The predicted octanol–water partition coefficient (Wildman–Crippen LogP) is 4.55. The lowest BCUT2D eigenvalue weighted by atomic mass is 9.95. The van der Waals surface area contributed by atoms with E-state index in [0.29, 0.717) is 11.5 Å². The second kappa shape index (κ2) is 7.91. The summed E-state index contributed by atoms with van der Waals surface area (Å²) < 4.78 is 29.7. The molecule has 1 heterocycles. The Morgan fingerprint density at radius 3 is 2.59 bits per heavy atom. The van der Waals surface area contributed by atoms with Gasteiger partial charge < -0.3 is 14.8 Å². The minimum atomic E-state index is -3.45. The Hall–Kier alpha value is -2.80. The third-order valence-electron chi connectivity index (χ3n) is 5.00. The molecular weight excluding hydrogens is 390 g/mol. The summed E-state index contributed by atoms with van der Waals surface area (Å²) in [6.45, 7) is 7.79. The Morgan fingerprint density at radius 1 is 1.21 bits per heavy atom. The number of aryl methyl sites for hydroxylation is 1. The van der Waals surface area contributed by atoms with Gasteiger partial charge in [-0.3, -0.25) is 4.79 Å².